The van der Waals surface area contributed by atoms with E-state index in [1.165, 1.54) is 12.8 Å². The van der Waals surface area contributed by atoms with Gasteiger partial charge in [-0.05, 0) is 40.9 Å². The molecule has 1 saturated carbocycles. The first-order chi connectivity index (χ1) is 8.15. The number of halogens is 2. The van der Waals surface area contributed by atoms with Crippen molar-refractivity contribution in [3.63, 3.8) is 0 Å². The third kappa shape index (κ3) is 3.07. The van der Waals surface area contributed by atoms with Crippen LogP contribution in [-0.4, -0.2) is 21.8 Å². The molecule has 1 amide bonds. The van der Waals surface area contributed by atoms with Crippen LogP contribution in [0.15, 0.2) is 22.8 Å². The number of alkyl halides is 1. The maximum atomic E-state index is 12.1. The molecule has 1 aromatic rings. The van der Waals surface area contributed by atoms with E-state index < -0.39 is 0 Å². The molecule has 0 spiro atoms. The summed E-state index contributed by atoms with van der Waals surface area (Å²) in [5, 5.41) is 3.92. The molecule has 1 aliphatic rings. The van der Waals surface area contributed by atoms with Gasteiger partial charge >= 0.3 is 0 Å². The van der Waals surface area contributed by atoms with E-state index in [2.05, 4.69) is 42.2 Å². The standard InChI is InChI=1S/C12H14Br2N2O/c13-8-12(5-1-2-6-12)16-11(17)10-4-3-9(14)7-15-10/h3-4,7H,1-2,5-6,8H2,(H,16,17). The molecule has 0 bridgehead atoms. The average molecular weight is 362 g/mol. The van der Waals surface area contributed by atoms with Crippen molar-refractivity contribution in [2.45, 2.75) is 31.2 Å². The Labute approximate surface area is 118 Å². The summed E-state index contributed by atoms with van der Waals surface area (Å²) in [5.74, 6) is -0.0844. The van der Waals surface area contributed by atoms with Crippen LogP contribution in [0, 0.1) is 0 Å². The Balaban J connectivity index is 2.08. The SMILES string of the molecule is O=C(NC1(CBr)CCCC1)c1ccc(Br)cn1. The zero-order chi connectivity index (χ0) is 12.3. The van der Waals surface area contributed by atoms with Crippen LogP contribution >= 0.6 is 31.9 Å². The van der Waals surface area contributed by atoms with Gasteiger partial charge in [-0.25, -0.2) is 4.98 Å². The number of amides is 1. The highest BCUT2D eigenvalue weighted by molar-refractivity contribution is 9.10. The molecule has 92 valence electrons. The lowest BCUT2D eigenvalue weighted by Gasteiger charge is -2.27. The molecule has 0 aliphatic heterocycles. The predicted octanol–water partition coefficient (Wildman–Crippen LogP) is 3.28. The molecular formula is C12H14Br2N2O. The fourth-order valence-corrected chi connectivity index (χ4v) is 3.09. The molecule has 17 heavy (non-hydrogen) atoms. The second kappa shape index (κ2) is 5.48. The third-order valence-corrected chi connectivity index (χ3v) is 4.70. The summed E-state index contributed by atoms with van der Waals surface area (Å²) in [6, 6.07) is 3.56. The molecule has 5 heteroatoms. The number of nitrogens with one attached hydrogen (secondary N) is 1. The summed E-state index contributed by atoms with van der Waals surface area (Å²) in [7, 11) is 0. The number of aromatic nitrogens is 1. The van der Waals surface area contributed by atoms with E-state index in [0.29, 0.717) is 5.69 Å². The van der Waals surface area contributed by atoms with Gasteiger partial charge in [-0.2, -0.15) is 0 Å². The van der Waals surface area contributed by atoms with Crippen LogP contribution in [0.4, 0.5) is 0 Å². The Hall–Kier alpha value is -0.420. The van der Waals surface area contributed by atoms with E-state index in [1.807, 2.05) is 6.07 Å². The molecule has 0 atom stereocenters. The van der Waals surface area contributed by atoms with E-state index in [9.17, 15) is 4.79 Å². The fourth-order valence-electron chi connectivity index (χ4n) is 2.16. The molecule has 0 saturated heterocycles. The maximum absolute atomic E-state index is 12.1. The van der Waals surface area contributed by atoms with E-state index in [1.54, 1.807) is 12.3 Å². The minimum absolute atomic E-state index is 0.0775. The Morgan fingerprint density at radius 2 is 2.12 bits per heavy atom. The third-order valence-electron chi connectivity index (χ3n) is 3.16. The largest absolute Gasteiger partial charge is 0.344 e. The zero-order valence-corrected chi connectivity index (χ0v) is 12.6. The van der Waals surface area contributed by atoms with Crippen LogP contribution in [0.5, 0.6) is 0 Å². The first-order valence-corrected chi connectivity index (χ1v) is 7.57. The highest BCUT2D eigenvalue weighted by Gasteiger charge is 2.34. The normalized spacial score (nSPS) is 18.0. The van der Waals surface area contributed by atoms with Crippen LogP contribution in [0.25, 0.3) is 0 Å². The van der Waals surface area contributed by atoms with Crippen LogP contribution in [-0.2, 0) is 0 Å². The van der Waals surface area contributed by atoms with E-state index in [0.717, 1.165) is 22.6 Å². The average Bonchev–Trinajstić information content (AvgIpc) is 2.79. The Kier molecular flexibility index (Phi) is 4.20. The van der Waals surface area contributed by atoms with Crippen molar-refractivity contribution in [2.24, 2.45) is 0 Å². The van der Waals surface area contributed by atoms with Crippen LogP contribution < -0.4 is 5.32 Å². The molecule has 0 aromatic carbocycles. The lowest BCUT2D eigenvalue weighted by Crippen LogP contribution is -2.48. The molecule has 1 aliphatic carbocycles. The number of nitrogens with zero attached hydrogens (tertiary/aromatic N) is 1. The first kappa shape index (κ1) is 13.0. The second-order valence-corrected chi connectivity index (χ2v) is 5.91. The van der Waals surface area contributed by atoms with Gasteiger partial charge in [-0.1, -0.05) is 28.8 Å². The fraction of sp³-hybridized carbons (Fsp3) is 0.500. The van der Waals surface area contributed by atoms with Crippen molar-refractivity contribution >= 4 is 37.8 Å². The van der Waals surface area contributed by atoms with Gasteiger partial charge in [0, 0.05) is 16.0 Å². The summed E-state index contributed by atoms with van der Waals surface area (Å²) >= 11 is 6.81. The quantitative estimate of drug-likeness (QED) is 0.839. The highest BCUT2D eigenvalue weighted by atomic mass is 79.9. The van der Waals surface area contributed by atoms with E-state index >= 15 is 0 Å². The molecule has 2 rings (SSSR count). The lowest BCUT2D eigenvalue weighted by molar-refractivity contribution is 0.0905. The molecular weight excluding hydrogens is 348 g/mol. The van der Waals surface area contributed by atoms with Crippen molar-refractivity contribution in [1.29, 1.82) is 0 Å². The number of hydrogen-bond donors (Lipinski definition) is 1. The van der Waals surface area contributed by atoms with Gasteiger partial charge < -0.3 is 5.32 Å². The van der Waals surface area contributed by atoms with Crippen LogP contribution in [0.2, 0.25) is 0 Å². The zero-order valence-electron chi connectivity index (χ0n) is 9.38. The number of hydrogen-bond acceptors (Lipinski definition) is 2. The minimum Gasteiger partial charge on any atom is -0.344 e. The second-order valence-electron chi connectivity index (χ2n) is 4.44. The molecule has 1 aromatic heterocycles. The minimum atomic E-state index is -0.0844. The number of pyridine rings is 1. The van der Waals surface area contributed by atoms with Gasteiger partial charge in [0.2, 0.25) is 0 Å². The Bertz CT molecular complexity index is 399. The molecule has 0 radical (unpaired) electrons. The van der Waals surface area contributed by atoms with Crippen molar-refractivity contribution in [1.82, 2.24) is 10.3 Å². The van der Waals surface area contributed by atoms with Crippen LogP contribution in [0.1, 0.15) is 36.2 Å². The van der Waals surface area contributed by atoms with Crippen molar-refractivity contribution in [2.75, 3.05) is 5.33 Å². The molecule has 3 nitrogen and oxygen atoms in total. The summed E-state index contributed by atoms with van der Waals surface area (Å²) in [6.45, 7) is 0. The maximum Gasteiger partial charge on any atom is 0.270 e. The summed E-state index contributed by atoms with van der Waals surface area (Å²) < 4.78 is 0.880. The highest BCUT2D eigenvalue weighted by Crippen LogP contribution is 2.31. The summed E-state index contributed by atoms with van der Waals surface area (Å²) in [5.41, 5.74) is 0.395. The van der Waals surface area contributed by atoms with Gasteiger partial charge in [-0.15, -0.1) is 0 Å². The Morgan fingerprint density at radius 3 is 2.65 bits per heavy atom. The molecule has 0 unspecified atom stereocenters. The van der Waals surface area contributed by atoms with Gasteiger partial charge in [-0.3, -0.25) is 4.79 Å². The van der Waals surface area contributed by atoms with Crippen molar-refractivity contribution in [3.8, 4) is 0 Å². The molecule has 1 fully saturated rings. The summed E-state index contributed by atoms with van der Waals surface area (Å²) in [6.07, 6.45) is 6.09. The number of carbonyl (C=O) groups is 1. The van der Waals surface area contributed by atoms with Crippen molar-refractivity contribution < 1.29 is 4.79 Å². The Morgan fingerprint density at radius 1 is 1.41 bits per heavy atom. The smallest absolute Gasteiger partial charge is 0.270 e. The molecule has 1 N–H and O–H groups in total. The topological polar surface area (TPSA) is 42.0 Å². The molecule has 1 heterocycles. The monoisotopic (exact) mass is 360 g/mol. The van der Waals surface area contributed by atoms with Gasteiger partial charge in [0.15, 0.2) is 0 Å². The van der Waals surface area contributed by atoms with Crippen molar-refractivity contribution in [3.05, 3.63) is 28.5 Å². The first-order valence-electron chi connectivity index (χ1n) is 5.65. The van der Waals surface area contributed by atoms with Gasteiger partial charge in [0.25, 0.3) is 5.91 Å². The van der Waals surface area contributed by atoms with E-state index in [-0.39, 0.29) is 11.4 Å². The summed E-state index contributed by atoms with van der Waals surface area (Å²) in [4.78, 5) is 16.2. The van der Waals surface area contributed by atoms with Gasteiger partial charge in [0.05, 0.1) is 5.54 Å². The van der Waals surface area contributed by atoms with Gasteiger partial charge in [0.1, 0.15) is 5.69 Å². The lowest BCUT2D eigenvalue weighted by atomic mass is 10.0. The number of rotatable bonds is 3. The number of carbonyl (C=O) groups excluding carboxylic acids is 1. The van der Waals surface area contributed by atoms with Crippen LogP contribution in [0.3, 0.4) is 0 Å². The predicted molar refractivity (Wildman–Crippen MR) is 74.4 cm³/mol. The van der Waals surface area contributed by atoms with E-state index in [4.69, 9.17) is 0 Å².